The van der Waals surface area contributed by atoms with Gasteiger partial charge in [0.05, 0.1) is 6.10 Å². The molecule has 0 spiro atoms. The van der Waals surface area contributed by atoms with E-state index in [0.717, 1.165) is 6.42 Å². The molecule has 0 saturated heterocycles. The van der Waals surface area contributed by atoms with Crippen molar-refractivity contribution in [2.75, 3.05) is 7.05 Å². The van der Waals surface area contributed by atoms with Crippen LogP contribution < -0.4 is 0 Å². The van der Waals surface area contributed by atoms with Crippen molar-refractivity contribution in [2.24, 2.45) is 0 Å². The third kappa shape index (κ3) is 3.76. The molecule has 0 aromatic heterocycles. The number of hydrogen-bond acceptors (Lipinski definition) is 2. The summed E-state index contributed by atoms with van der Waals surface area (Å²) in [5.41, 5.74) is 0. The first-order valence-corrected chi connectivity index (χ1v) is 6.56. The highest BCUT2D eigenvalue weighted by Crippen LogP contribution is 2.23. The molecule has 1 fully saturated rings. The molecule has 3 atom stereocenters. The second-order valence-electron chi connectivity index (χ2n) is 5.08. The third-order valence-corrected chi connectivity index (χ3v) is 3.87. The second kappa shape index (κ2) is 6.49. The lowest BCUT2D eigenvalue weighted by molar-refractivity contribution is 0.0376. The van der Waals surface area contributed by atoms with Crippen molar-refractivity contribution in [2.45, 2.75) is 77.0 Å². The van der Waals surface area contributed by atoms with E-state index in [1.807, 2.05) is 0 Å². The highest BCUT2D eigenvalue weighted by Gasteiger charge is 2.27. The van der Waals surface area contributed by atoms with Crippen LogP contribution in [0.2, 0.25) is 0 Å². The number of likely N-dealkylation sites (N-methyl/N-ethyl adjacent to an activating group) is 1. The maximum absolute atomic E-state index is 10.1. The minimum Gasteiger partial charge on any atom is -0.391 e. The highest BCUT2D eigenvalue weighted by atomic mass is 16.3. The van der Waals surface area contributed by atoms with Crippen LogP contribution in [0.25, 0.3) is 0 Å². The van der Waals surface area contributed by atoms with Crippen LogP contribution in [-0.2, 0) is 0 Å². The summed E-state index contributed by atoms with van der Waals surface area (Å²) in [7, 11) is 2.18. The molecule has 0 aromatic rings. The minimum atomic E-state index is -0.100. The molecule has 0 aliphatic heterocycles. The summed E-state index contributed by atoms with van der Waals surface area (Å²) in [6.07, 6.45) is 8.31. The molecule has 0 aromatic carbocycles. The average molecular weight is 213 g/mol. The standard InChI is InChI=1S/C13H27NO/c1-4-8-11(2)14(3)12-9-6-5-7-10-13(12)15/h11-13,15H,4-10H2,1-3H3. The normalized spacial score (nSPS) is 30.2. The van der Waals surface area contributed by atoms with Crippen molar-refractivity contribution in [3.63, 3.8) is 0 Å². The molecule has 15 heavy (non-hydrogen) atoms. The van der Waals surface area contributed by atoms with Crippen molar-refractivity contribution in [1.82, 2.24) is 4.90 Å². The van der Waals surface area contributed by atoms with Gasteiger partial charge in [0.2, 0.25) is 0 Å². The van der Waals surface area contributed by atoms with Crippen molar-refractivity contribution in [1.29, 1.82) is 0 Å². The van der Waals surface area contributed by atoms with Gasteiger partial charge in [0.15, 0.2) is 0 Å². The van der Waals surface area contributed by atoms with Gasteiger partial charge in [-0.25, -0.2) is 0 Å². The maximum Gasteiger partial charge on any atom is 0.0695 e. The van der Waals surface area contributed by atoms with E-state index in [9.17, 15) is 5.11 Å². The fraction of sp³-hybridized carbons (Fsp3) is 1.00. The summed E-state index contributed by atoms with van der Waals surface area (Å²) in [4.78, 5) is 2.40. The van der Waals surface area contributed by atoms with E-state index >= 15 is 0 Å². The van der Waals surface area contributed by atoms with Crippen molar-refractivity contribution < 1.29 is 5.11 Å². The van der Waals surface area contributed by atoms with Gasteiger partial charge in [-0.1, -0.05) is 32.6 Å². The summed E-state index contributed by atoms with van der Waals surface area (Å²) in [5.74, 6) is 0. The zero-order chi connectivity index (χ0) is 11.3. The SMILES string of the molecule is CCCC(C)N(C)C1CCCCCC1O. The molecule has 1 aliphatic carbocycles. The lowest BCUT2D eigenvalue weighted by atomic mass is 10.0. The largest absolute Gasteiger partial charge is 0.391 e. The Bertz CT molecular complexity index is 172. The van der Waals surface area contributed by atoms with Crippen LogP contribution in [0.3, 0.4) is 0 Å². The lowest BCUT2D eigenvalue weighted by Crippen LogP contribution is -2.45. The molecular formula is C13H27NO. The number of nitrogens with zero attached hydrogens (tertiary/aromatic N) is 1. The molecule has 0 heterocycles. The van der Waals surface area contributed by atoms with Crippen molar-refractivity contribution >= 4 is 0 Å². The maximum atomic E-state index is 10.1. The zero-order valence-corrected chi connectivity index (χ0v) is 10.6. The van der Waals surface area contributed by atoms with Gasteiger partial charge < -0.3 is 5.11 Å². The Morgan fingerprint density at radius 1 is 1.27 bits per heavy atom. The molecule has 1 aliphatic rings. The van der Waals surface area contributed by atoms with E-state index in [2.05, 4.69) is 25.8 Å². The Morgan fingerprint density at radius 3 is 2.60 bits per heavy atom. The van der Waals surface area contributed by atoms with Crippen LogP contribution in [0.4, 0.5) is 0 Å². The van der Waals surface area contributed by atoms with Gasteiger partial charge >= 0.3 is 0 Å². The van der Waals surface area contributed by atoms with Crippen molar-refractivity contribution in [3.8, 4) is 0 Å². The Labute approximate surface area is 94.7 Å². The molecule has 1 saturated carbocycles. The zero-order valence-electron chi connectivity index (χ0n) is 10.6. The minimum absolute atomic E-state index is 0.100. The Balaban J connectivity index is 2.50. The van der Waals surface area contributed by atoms with Gasteiger partial charge in [-0.2, -0.15) is 0 Å². The van der Waals surface area contributed by atoms with Gasteiger partial charge in [-0.15, -0.1) is 0 Å². The van der Waals surface area contributed by atoms with Crippen LogP contribution in [0.5, 0.6) is 0 Å². The van der Waals surface area contributed by atoms with Gasteiger partial charge in [-0.3, -0.25) is 4.90 Å². The molecule has 1 N–H and O–H groups in total. The van der Waals surface area contributed by atoms with E-state index < -0.39 is 0 Å². The molecule has 1 rings (SSSR count). The van der Waals surface area contributed by atoms with Crippen LogP contribution in [0.15, 0.2) is 0 Å². The summed E-state index contributed by atoms with van der Waals surface area (Å²) in [5, 5.41) is 10.1. The highest BCUT2D eigenvalue weighted by molar-refractivity contribution is 4.82. The molecule has 0 radical (unpaired) electrons. The number of rotatable bonds is 4. The number of aliphatic hydroxyl groups excluding tert-OH is 1. The first-order chi connectivity index (χ1) is 7.16. The monoisotopic (exact) mass is 213 g/mol. The summed E-state index contributed by atoms with van der Waals surface area (Å²) in [6, 6.07) is 1.00. The van der Waals surface area contributed by atoms with Gasteiger partial charge in [0, 0.05) is 12.1 Å². The third-order valence-electron chi connectivity index (χ3n) is 3.87. The van der Waals surface area contributed by atoms with E-state index in [0.29, 0.717) is 12.1 Å². The Hall–Kier alpha value is -0.0800. The Kier molecular flexibility index (Phi) is 5.62. The van der Waals surface area contributed by atoms with E-state index in [1.54, 1.807) is 0 Å². The fourth-order valence-electron chi connectivity index (χ4n) is 2.69. The Morgan fingerprint density at radius 2 is 1.93 bits per heavy atom. The van der Waals surface area contributed by atoms with E-state index in [4.69, 9.17) is 0 Å². The average Bonchev–Trinajstić information content (AvgIpc) is 2.42. The number of aliphatic hydroxyl groups is 1. The van der Waals surface area contributed by atoms with Crippen molar-refractivity contribution in [3.05, 3.63) is 0 Å². The summed E-state index contributed by atoms with van der Waals surface area (Å²) < 4.78 is 0. The van der Waals surface area contributed by atoms with Crippen LogP contribution in [0, 0.1) is 0 Å². The molecule has 90 valence electrons. The predicted molar refractivity (Wildman–Crippen MR) is 65.0 cm³/mol. The molecule has 3 unspecified atom stereocenters. The second-order valence-corrected chi connectivity index (χ2v) is 5.08. The lowest BCUT2D eigenvalue weighted by Gasteiger charge is -2.35. The molecule has 0 amide bonds. The summed E-state index contributed by atoms with van der Waals surface area (Å²) in [6.45, 7) is 4.51. The quantitative estimate of drug-likeness (QED) is 0.726. The number of hydrogen-bond donors (Lipinski definition) is 1. The molecule has 2 heteroatoms. The topological polar surface area (TPSA) is 23.5 Å². The molecular weight excluding hydrogens is 186 g/mol. The van der Waals surface area contributed by atoms with Gasteiger partial charge in [-0.05, 0) is 33.2 Å². The van der Waals surface area contributed by atoms with Gasteiger partial charge in [0.25, 0.3) is 0 Å². The first kappa shape index (κ1) is 13.0. The van der Waals surface area contributed by atoms with Crippen LogP contribution in [0.1, 0.15) is 58.8 Å². The smallest absolute Gasteiger partial charge is 0.0695 e. The fourth-order valence-corrected chi connectivity index (χ4v) is 2.69. The molecule has 0 bridgehead atoms. The van der Waals surface area contributed by atoms with E-state index in [1.165, 1.54) is 38.5 Å². The van der Waals surface area contributed by atoms with Crippen LogP contribution >= 0.6 is 0 Å². The predicted octanol–water partition coefficient (Wildman–Crippen LogP) is 2.80. The first-order valence-electron chi connectivity index (χ1n) is 6.56. The van der Waals surface area contributed by atoms with E-state index in [-0.39, 0.29) is 6.10 Å². The van der Waals surface area contributed by atoms with Crippen LogP contribution in [-0.4, -0.2) is 35.2 Å². The van der Waals surface area contributed by atoms with Gasteiger partial charge in [0.1, 0.15) is 0 Å². The molecule has 2 nitrogen and oxygen atoms in total. The summed E-state index contributed by atoms with van der Waals surface area (Å²) >= 11 is 0.